The van der Waals surface area contributed by atoms with E-state index in [0.29, 0.717) is 11.7 Å². The first-order valence-electron chi connectivity index (χ1n) is 5.72. The molecule has 1 aliphatic rings. The molecule has 2 rings (SSSR count). The van der Waals surface area contributed by atoms with E-state index < -0.39 is 0 Å². The van der Waals surface area contributed by atoms with E-state index in [1.54, 1.807) is 12.1 Å². The monoisotopic (exact) mass is 224 g/mol. The van der Waals surface area contributed by atoms with E-state index in [1.165, 1.54) is 7.11 Å². The van der Waals surface area contributed by atoms with Gasteiger partial charge in [0.1, 0.15) is 0 Å². The minimum absolute atomic E-state index is 0.167. The third kappa shape index (κ3) is 2.35. The van der Waals surface area contributed by atoms with Crippen LogP contribution >= 0.6 is 0 Å². The lowest BCUT2D eigenvalue weighted by molar-refractivity contribution is 0.122. The van der Waals surface area contributed by atoms with Gasteiger partial charge in [0.2, 0.25) is 0 Å². The molecule has 0 aliphatic heterocycles. The van der Waals surface area contributed by atoms with E-state index in [2.05, 4.69) is 0 Å². The van der Waals surface area contributed by atoms with Crippen LogP contribution in [0.4, 0.5) is 4.39 Å². The Bertz CT molecular complexity index is 357. The molecule has 1 N–H and O–H groups in total. The van der Waals surface area contributed by atoms with Crippen LogP contribution in [0.1, 0.15) is 37.2 Å². The molecule has 2 nitrogen and oxygen atoms in total. The Labute approximate surface area is 95.1 Å². The first kappa shape index (κ1) is 11.4. The number of ether oxygens (including phenoxy) is 1. The summed E-state index contributed by atoms with van der Waals surface area (Å²) in [5, 5.41) is 9.42. The lowest BCUT2D eigenvalue weighted by Gasteiger charge is -2.25. The zero-order valence-electron chi connectivity index (χ0n) is 9.45. The van der Waals surface area contributed by atoms with Crippen LogP contribution in [-0.4, -0.2) is 18.3 Å². The highest BCUT2D eigenvalue weighted by atomic mass is 19.1. The lowest BCUT2D eigenvalue weighted by atomic mass is 9.83. The first-order valence-corrected chi connectivity index (χ1v) is 5.72. The Kier molecular flexibility index (Phi) is 3.44. The largest absolute Gasteiger partial charge is 0.494 e. The van der Waals surface area contributed by atoms with Crippen molar-refractivity contribution in [2.45, 2.75) is 37.7 Å². The number of aliphatic hydroxyl groups is 1. The number of methoxy groups -OCH3 is 1. The van der Waals surface area contributed by atoms with Gasteiger partial charge < -0.3 is 9.84 Å². The number of aliphatic hydroxyl groups excluding tert-OH is 1. The van der Waals surface area contributed by atoms with Crippen LogP contribution in [0.3, 0.4) is 0 Å². The molecule has 0 aromatic heterocycles. The number of halogens is 1. The lowest BCUT2D eigenvalue weighted by Crippen LogP contribution is -2.17. The van der Waals surface area contributed by atoms with E-state index in [4.69, 9.17) is 4.74 Å². The highest BCUT2D eigenvalue weighted by Gasteiger charge is 2.21. The predicted octanol–water partition coefficient (Wildman–Crippen LogP) is 2.85. The van der Waals surface area contributed by atoms with Crippen molar-refractivity contribution in [3.63, 3.8) is 0 Å². The summed E-state index contributed by atoms with van der Waals surface area (Å²) in [4.78, 5) is 0. The van der Waals surface area contributed by atoms with Crippen LogP contribution < -0.4 is 4.74 Å². The minimum Gasteiger partial charge on any atom is -0.494 e. The van der Waals surface area contributed by atoms with Gasteiger partial charge in [0, 0.05) is 0 Å². The fourth-order valence-corrected chi connectivity index (χ4v) is 2.35. The second-order valence-corrected chi connectivity index (χ2v) is 4.40. The summed E-state index contributed by atoms with van der Waals surface area (Å²) in [5.41, 5.74) is 1.02. The molecule has 88 valence electrons. The maximum absolute atomic E-state index is 13.5. The topological polar surface area (TPSA) is 29.5 Å². The Hall–Kier alpha value is -1.09. The summed E-state index contributed by atoms with van der Waals surface area (Å²) in [6.07, 6.45) is 3.34. The maximum Gasteiger partial charge on any atom is 0.165 e. The van der Waals surface area contributed by atoms with Gasteiger partial charge in [0.15, 0.2) is 11.6 Å². The second kappa shape index (κ2) is 4.83. The van der Waals surface area contributed by atoms with Gasteiger partial charge in [0.05, 0.1) is 13.2 Å². The zero-order chi connectivity index (χ0) is 11.5. The molecule has 3 heteroatoms. The number of hydrogen-bond acceptors (Lipinski definition) is 2. The van der Waals surface area contributed by atoms with Gasteiger partial charge in [-0.15, -0.1) is 0 Å². The third-order valence-corrected chi connectivity index (χ3v) is 3.34. The molecule has 0 amide bonds. The molecule has 1 aromatic carbocycles. The summed E-state index contributed by atoms with van der Waals surface area (Å²) in [6, 6.07) is 5.15. The van der Waals surface area contributed by atoms with Crippen molar-refractivity contribution in [2.75, 3.05) is 7.11 Å². The quantitative estimate of drug-likeness (QED) is 0.837. The van der Waals surface area contributed by atoms with E-state index in [-0.39, 0.29) is 11.9 Å². The Morgan fingerprint density at radius 2 is 1.94 bits per heavy atom. The Morgan fingerprint density at radius 3 is 2.50 bits per heavy atom. The van der Waals surface area contributed by atoms with Crippen molar-refractivity contribution in [1.29, 1.82) is 0 Å². The van der Waals surface area contributed by atoms with E-state index in [0.717, 1.165) is 31.2 Å². The van der Waals surface area contributed by atoms with Crippen molar-refractivity contribution >= 4 is 0 Å². The summed E-state index contributed by atoms with van der Waals surface area (Å²) >= 11 is 0. The molecule has 0 unspecified atom stereocenters. The Balaban J connectivity index is 2.12. The van der Waals surface area contributed by atoms with Gasteiger partial charge in [-0.2, -0.15) is 0 Å². The number of rotatable bonds is 2. The van der Waals surface area contributed by atoms with Crippen molar-refractivity contribution in [1.82, 2.24) is 0 Å². The van der Waals surface area contributed by atoms with Crippen LogP contribution in [0.15, 0.2) is 18.2 Å². The van der Waals surface area contributed by atoms with Gasteiger partial charge in [-0.1, -0.05) is 6.07 Å². The van der Waals surface area contributed by atoms with Crippen LogP contribution in [0.2, 0.25) is 0 Å². The average molecular weight is 224 g/mol. The van der Waals surface area contributed by atoms with Crippen LogP contribution in [-0.2, 0) is 0 Å². The van der Waals surface area contributed by atoms with Gasteiger partial charge in [-0.3, -0.25) is 0 Å². The smallest absolute Gasteiger partial charge is 0.165 e. The van der Waals surface area contributed by atoms with Gasteiger partial charge >= 0.3 is 0 Å². The van der Waals surface area contributed by atoms with Gasteiger partial charge in [-0.05, 0) is 49.3 Å². The van der Waals surface area contributed by atoms with E-state index in [9.17, 15) is 9.50 Å². The van der Waals surface area contributed by atoms with Crippen molar-refractivity contribution in [3.8, 4) is 5.75 Å². The molecule has 0 spiro atoms. The minimum atomic E-state index is -0.300. The standard InChI is InChI=1S/C13H17FO2/c1-16-13-7-4-10(8-12(13)14)9-2-5-11(15)6-3-9/h4,7-9,11,15H,2-3,5-6H2,1H3. The SMILES string of the molecule is COc1ccc(C2CCC(O)CC2)cc1F. The molecule has 1 fully saturated rings. The van der Waals surface area contributed by atoms with Gasteiger partial charge in [-0.25, -0.2) is 4.39 Å². The molecule has 0 radical (unpaired) electrons. The normalized spacial score (nSPS) is 25.4. The number of benzene rings is 1. The molecule has 0 heterocycles. The second-order valence-electron chi connectivity index (χ2n) is 4.40. The fourth-order valence-electron chi connectivity index (χ4n) is 2.35. The fraction of sp³-hybridized carbons (Fsp3) is 0.538. The van der Waals surface area contributed by atoms with Crippen molar-refractivity contribution in [2.24, 2.45) is 0 Å². The summed E-state index contributed by atoms with van der Waals surface area (Å²) in [5.74, 6) is 0.370. The zero-order valence-corrected chi connectivity index (χ0v) is 9.45. The molecule has 0 atom stereocenters. The molecular weight excluding hydrogens is 207 g/mol. The summed E-state index contributed by atoms with van der Waals surface area (Å²) in [6.45, 7) is 0. The maximum atomic E-state index is 13.5. The number of hydrogen-bond donors (Lipinski definition) is 1. The molecule has 1 aromatic rings. The highest BCUT2D eigenvalue weighted by molar-refractivity contribution is 5.31. The molecule has 1 aliphatic carbocycles. The van der Waals surface area contributed by atoms with E-state index in [1.807, 2.05) is 6.07 Å². The third-order valence-electron chi connectivity index (χ3n) is 3.34. The summed E-state index contributed by atoms with van der Waals surface area (Å²) in [7, 11) is 1.47. The molecular formula is C13H17FO2. The predicted molar refractivity (Wildman–Crippen MR) is 60.2 cm³/mol. The van der Waals surface area contributed by atoms with E-state index >= 15 is 0 Å². The molecule has 0 bridgehead atoms. The van der Waals surface area contributed by atoms with Crippen molar-refractivity contribution < 1.29 is 14.2 Å². The van der Waals surface area contributed by atoms with Crippen LogP contribution in [0, 0.1) is 5.82 Å². The first-order chi connectivity index (χ1) is 7.70. The van der Waals surface area contributed by atoms with Crippen LogP contribution in [0.5, 0.6) is 5.75 Å². The molecule has 16 heavy (non-hydrogen) atoms. The summed E-state index contributed by atoms with van der Waals surface area (Å²) < 4.78 is 18.4. The van der Waals surface area contributed by atoms with Crippen molar-refractivity contribution in [3.05, 3.63) is 29.6 Å². The van der Waals surface area contributed by atoms with Gasteiger partial charge in [0.25, 0.3) is 0 Å². The highest BCUT2D eigenvalue weighted by Crippen LogP contribution is 2.34. The molecule has 1 saturated carbocycles. The molecule has 0 saturated heterocycles. The average Bonchev–Trinajstić information content (AvgIpc) is 2.30. The Morgan fingerprint density at radius 1 is 1.25 bits per heavy atom. The van der Waals surface area contributed by atoms with Crippen LogP contribution in [0.25, 0.3) is 0 Å².